The number of imidazole rings is 1. The number of rotatable bonds is 2. The predicted octanol–water partition coefficient (Wildman–Crippen LogP) is 1.66. The number of hydrogen-bond donors (Lipinski definition) is 0. The van der Waals surface area contributed by atoms with Crippen LogP contribution in [0, 0.1) is 0 Å². The molecule has 0 radical (unpaired) electrons. The number of fused-ring (bicyclic) bond motifs is 1. The molecule has 0 saturated carbocycles. The number of hydrogen-bond acceptors (Lipinski definition) is 4. The first kappa shape index (κ1) is 10.0. The van der Waals surface area contributed by atoms with Crippen LogP contribution in [-0.2, 0) is 4.74 Å². The molecular formula is C10H10BrN3O2. The summed E-state index contributed by atoms with van der Waals surface area (Å²) < 4.78 is 13.5. The first-order valence-corrected chi connectivity index (χ1v) is 5.87. The zero-order valence-corrected chi connectivity index (χ0v) is 10.1. The SMILES string of the molecule is Brc1cnc2ccc(OC3CCOC3)nn12. The highest BCUT2D eigenvalue weighted by Gasteiger charge is 2.18. The van der Waals surface area contributed by atoms with E-state index in [1.54, 1.807) is 10.7 Å². The maximum atomic E-state index is 5.70. The third kappa shape index (κ3) is 1.78. The van der Waals surface area contributed by atoms with Crippen LogP contribution in [0.2, 0.25) is 0 Å². The summed E-state index contributed by atoms with van der Waals surface area (Å²) in [6, 6.07) is 3.70. The molecular weight excluding hydrogens is 274 g/mol. The van der Waals surface area contributed by atoms with Crippen molar-refractivity contribution in [3.05, 3.63) is 22.9 Å². The average molecular weight is 284 g/mol. The fourth-order valence-electron chi connectivity index (χ4n) is 1.67. The third-order valence-corrected chi connectivity index (χ3v) is 3.01. The van der Waals surface area contributed by atoms with E-state index in [0.29, 0.717) is 12.5 Å². The van der Waals surface area contributed by atoms with Crippen LogP contribution in [-0.4, -0.2) is 33.9 Å². The minimum absolute atomic E-state index is 0.118. The average Bonchev–Trinajstić information content (AvgIpc) is 2.90. The largest absolute Gasteiger partial charge is 0.471 e. The summed E-state index contributed by atoms with van der Waals surface area (Å²) in [6.07, 6.45) is 2.75. The molecule has 2 aromatic heterocycles. The quantitative estimate of drug-likeness (QED) is 0.841. The van der Waals surface area contributed by atoms with Crippen LogP contribution in [0.5, 0.6) is 5.88 Å². The van der Waals surface area contributed by atoms with Crippen LogP contribution in [0.25, 0.3) is 5.65 Å². The van der Waals surface area contributed by atoms with Crippen molar-refractivity contribution < 1.29 is 9.47 Å². The lowest BCUT2D eigenvalue weighted by Gasteiger charge is -2.10. The summed E-state index contributed by atoms with van der Waals surface area (Å²) in [4.78, 5) is 4.16. The second kappa shape index (κ2) is 4.03. The number of nitrogens with zero attached hydrogens (tertiary/aromatic N) is 3. The Morgan fingerprint density at radius 2 is 2.44 bits per heavy atom. The highest BCUT2D eigenvalue weighted by molar-refractivity contribution is 9.10. The fraction of sp³-hybridized carbons (Fsp3) is 0.400. The molecule has 16 heavy (non-hydrogen) atoms. The second-order valence-corrected chi connectivity index (χ2v) is 4.44. The molecule has 1 aliphatic rings. The van der Waals surface area contributed by atoms with E-state index < -0.39 is 0 Å². The van der Waals surface area contributed by atoms with Gasteiger partial charge in [0.05, 0.1) is 19.4 Å². The molecule has 0 amide bonds. The van der Waals surface area contributed by atoms with Crippen molar-refractivity contribution in [2.45, 2.75) is 12.5 Å². The van der Waals surface area contributed by atoms with E-state index in [1.165, 1.54) is 0 Å². The Kier molecular flexibility index (Phi) is 2.53. The molecule has 0 spiro atoms. The van der Waals surface area contributed by atoms with Gasteiger partial charge < -0.3 is 9.47 Å². The Hall–Kier alpha value is -1.14. The van der Waals surface area contributed by atoms with Gasteiger partial charge >= 0.3 is 0 Å². The van der Waals surface area contributed by atoms with Crippen molar-refractivity contribution in [3.8, 4) is 5.88 Å². The molecule has 1 unspecified atom stereocenters. The van der Waals surface area contributed by atoms with E-state index in [0.717, 1.165) is 23.3 Å². The van der Waals surface area contributed by atoms with E-state index in [1.807, 2.05) is 12.1 Å². The van der Waals surface area contributed by atoms with Crippen molar-refractivity contribution in [1.29, 1.82) is 0 Å². The van der Waals surface area contributed by atoms with Crippen molar-refractivity contribution in [3.63, 3.8) is 0 Å². The topological polar surface area (TPSA) is 48.7 Å². The van der Waals surface area contributed by atoms with Gasteiger partial charge in [0.1, 0.15) is 10.7 Å². The van der Waals surface area contributed by atoms with Gasteiger partial charge in [-0.3, -0.25) is 0 Å². The van der Waals surface area contributed by atoms with Gasteiger partial charge in [0, 0.05) is 12.5 Å². The van der Waals surface area contributed by atoms with Gasteiger partial charge in [-0.05, 0) is 22.0 Å². The van der Waals surface area contributed by atoms with E-state index in [9.17, 15) is 0 Å². The summed E-state index contributed by atoms with van der Waals surface area (Å²) in [5, 5.41) is 4.33. The van der Waals surface area contributed by atoms with Crippen LogP contribution >= 0.6 is 15.9 Å². The standard InChI is InChI=1S/C10H10BrN3O2/c11-8-5-12-9-1-2-10(13-14(8)9)16-7-3-4-15-6-7/h1-2,5,7H,3-4,6H2. The van der Waals surface area contributed by atoms with E-state index in [-0.39, 0.29) is 6.10 Å². The Morgan fingerprint density at radius 1 is 1.50 bits per heavy atom. The molecule has 2 aromatic rings. The normalized spacial score (nSPS) is 20.4. The van der Waals surface area contributed by atoms with Gasteiger partial charge in [-0.15, -0.1) is 5.10 Å². The van der Waals surface area contributed by atoms with Gasteiger partial charge in [0.2, 0.25) is 5.88 Å². The van der Waals surface area contributed by atoms with E-state index >= 15 is 0 Å². The molecule has 84 valence electrons. The van der Waals surface area contributed by atoms with Crippen LogP contribution in [0.1, 0.15) is 6.42 Å². The smallest absolute Gasteiger partial charge is 0.232 e. The van der Waals surface area contributed by atoms with Gasteiger partial charge in [0.25, 0.3) is 0 Å². The van der Waals surface area contributed by atoms with Gasteiger partial charge in [-0.25, -0.2) is 9.50 Å². The van der Waals surface area contributed by atoms with Gasteiger partial charge in [0.15, 0.2) is 5.65 Å². The van der Waals surface area contributed by atoms with E-state index in [2.05, 4.69) is 26.0 Å². The maximum absolute atomic E-state index is 5.70. The summed E-state index contributed by atoms with van der Waals surface area (Å²) >= 11 is 3.37. The second-order valence-electron chi connectivity index (χ2n) is 3.63. The molecule has 0 N–H and O–H groups in total. The number of aromatic nitrogens is 3. The predicted molar refractivity (Wildman–Crippen MR) is 60.5 cm³/mol. The summed E-state index contributed by atoms with van der Waals surface area (Å²) in [5.74, 6) is 0.599. The van der Waals surface area contributed by atoms with Crippen LogP contribution in [0.3, 0.4) is 0 Å². The lowest BCUT2D eigenvalue weighted by Crippen LogP contribution is -2.17. The molecule has 3 rings (SSSR count). The van der Waals surface area contributed by atoms with Crippen LogP contribution in [0.4, 0.5) is 0 Å². The molecule has 0 bridgehead atoms. The molecule has 6 heteroatoms. The van der Waals surface area contributed by atoms with Crippen LogP contribution in [0.15, 0.2) is 22.9 Å². The Morgan fingerprint density at radius 3 is 3.25 bits per heavy atom. The van der Waals surface area contributed by atoms with Crippen molar-refractivity contribution in [2.24, 2.45) is 0 Å². The van der Waals surface area contributed by atoms with Crippen molar-refractivity contribution in [2.75, 3.05) is 13.2 Å². The molecule has 0 aromatic carbocycles. The lowest BCUT2D eigenvalue weighted by molar-refractivity contribution is 0.137. The molecule has 1 fully saturated rings. The minimum Gasteiger partial charge on any atom is -0.471 e. The summed E-state index contributed by atoms with van der Waals surface area (Å²) in [6.45, 7) is 1.41. The maximum Gasteiger partial charge on any atom is 0.232 e. The summed E-state index contributed by atoms with van der Waals surface area (Å²) in [5.41, 5.74) is 0.793. The highest BCUT2D eigenvalue weighted by Crippen LogP contribution is 2.17. The minimum atomic E-state index is 0.118. The highest BCUT2D eigenvalue weighted by atomic mass is 79.9. The lowest BCUT2D eigenvalue weighted by atomic mass is 10.3. The number of halogens is 1. The molecule has 1 atom stereocenters. The molecule has 3 heterocycles. The number of ether oxygens (including phenoxy) is 2. The Labute approximate surface area is 101 Å². The van der Waals surface area contributed by atoms with Crippen LogP contribution < -0.4 is 4.74 Å². The first-order valence-electron chi connectivity index (χ1n) is 5.07. The Balaban J connectivity index is 1.88. The fourth-order valence-corrected chi connectivity index (χ4v) is 2.03. The van der Waals surface area contributed by atoms with Crippen molar-refractivity contribution >= 4 is 21.6 Å². The zero-order valence-electron chi connectivity index (χ0n) is 8.47. The third-order valence-electron chi connectivity index (χ3n) is 2.47. The molecule has 1 aliphatic heterocycles. The van der Waals surface area contributed by atoms with Crippen molar-refractivity contribution in [1.82, 2.24) is 14.6 Å². The molecule has 1 saturated heterocycles. The zero-order chi connectivity index (χ0) is 11.0. The molecule has 0 aliphatic carbocycles. The Bertz CT molecular complexity index is 508. The van der Waals surface area contributed by atoms with Gasteiger partial charge in [-0.1, -0.05) is 0 Å². The monoisotopic (exact) mass is 283 g/mol. The van der Waals surface area contributed by atoms with Gasteiger partial charge in [-0.2, -0.15) is 0 Å². The summed E-state index contributed by atoms with van der Waals surface area (Å²) in [7, 11) is 0. The van der Waals surface area contributed by atoms with E-state index in [4.69, 9.17) is 9.47 Å². The molecule has 5 nitrogen and oxygen atoms in total. The first-order chi connectivity index (χ1) is 7.83.